The number of ether oxygens (including phenoxy) is 1. The molecule has 0 fully saturated rings. The van der Waals surface area contributed by atoms with E-state index in [1.54, 1.807) is 24.0 Å². The number of carbonyl (C=O) groups excluding carboxylic acids is 2. The minimum absolute atomic E-state index is 0.000823. The number of methoxy groups -OCH3 is 1. The van der Waals surface area contributed by atoms with Gasteiger partial charge in [-0.25, -0.2) is 4.79 Å². The second kappa shape index (κ2) is 7.50. The van der Waals surface area contributed by atoms with Crippen molar-refractivity contribution in [2.75, 3.05) is 33.9 Å². The van der Waals surface area contributed by atoms with Crippen molar-refractivity contribution in [3.63, 3.8) is 0 Å². The lowest BCUT2D eigenvalue weighted by atomic mass is 9.93. The molecule has 1 aromatic rings. The van der Waals surface area contributed by atoms with Gasteiger partial charge in [0.1, 0.15) is 0 Å². The fourth-order valence-corrected chi connectivity index (χ4v) is 3.53. The maximum atomic E-state index is 13.0. The Labute approximate surface area is 154 Å². The molecule has 2 heterocycles. The normalized spacial score (nSPS) is 20.1. The summed E-state index contributed by atoms with van der Waals surface area (Å²) < 4.78 is 5.09. The summed E-state index contributed by atoms with van der Waals surface area (Å²) in [6.07, 6.45) is 0.779. The molecule has 2 aliphatic rings. The van der Waals surface area contributed by atoms with E-state index in [-0.39, 0.29) is 11.9 Å². The molecule has 2 aliphatic heterocycles. The zero-order valence-corrected chi connectivity index (χ0v) is 15.9. The van der Waals surface area contributed by atoms with Crippen LogP contribution in [0.5, 0.6) is 0 Å². The summed E-state index contributed by atoms with van der Waals surface area (Å²) in [5, 5.41) is 2.98. The maximum absolute atomic E-state index is 13.0. The lowest BCUT2D eigenvalue weighted by molar-refractivity contribution is -0.125. The van der Waals surface area contributed by atoms with E-state index in [0.29, 0.717) is 31.2 Å². The van der Waals surface area contributed by atoms with Crippen LogP contribution in [0.3, 0.4) is 0 Å². The predicted molar refractivity (Wildman–Crippen MR) is 99.7 cm³/mol. The number of benzene rings is 1. The van der Waals surface area contributed by atoms with Crippen LogP contribution in [0.25, 0.3) is 0 Å². The van der Waals surface area contributed by atoms with E-state index in [1.807, 2.05) is 12.1 Å². The summed E-state index contributed by atoms with van der Waals surface area (Å²) in [5.41, 5.74) is 3.66. The van der Waals surface area contributed by atoms with Crippen molar-refractivity contribution < 1.29 is 14.3 Å². The van der Waals surface area contributed by atoms with Gasteiger partial charge in [-0.3, -0.25) is 9.69 Å². The highest BCUT2D eigenvalue weighted by Crippen LogP contribution is 2.36. The van der Waals surface area contributed by atoms with Gasteiger partial charge in [-0.1, -0.05) is 38.1 Å². The van der Waals surface area contributed by atoms with Gasteiger partial charge >= 0.3 is 6.03 Å². The van der Waals surface area contributed by atoms with E-state index in [2.05, 4.69) is 31.3 Å². The second-order valence-corrected chi connectivity index (χ2v) is 7.20. The van der Waals surface area contributed by atoms with Crippen molar-refractivity contribution in [1.29, 1.82) is 0 Å². The Morgan fingerprint density at radius 3 is 2.54 bits per heavy atom. The highest BCUT2D eigenvalue weighted by Gasteiger charge is 2.42. The molecule has 1 unspecified atom stereocenters. The standard InChI is InChI=1S/C20H27N3O3/c1-13(2)14-6-8-15(9-7-14)18-17-16(22(3)20(25)21-18)12-23(19(17)24)10-5-11-26-4/h6-9,13,18H,5,10-12H2,1-4H3,(H,21,25). The molecular weight excluding hydrogens is 330 g/mol. The second-order valence-electron chi connectivity index (χ2n) is 7.20. The average molecular weight is 357 g/mol. The van der Waals surface area contributed by atoms with Crippen LogP contribution in [0.1, 0.15) is 43.4 Å². The molecule has 3 rings (SSSR count). The molecule has 6 heteroatoms. The molecule has 0 aromatic heterocycles. The molecule has 0 saturated heterocycles. The summed E-state index contributed by atoms with van der Waals surface area (Å²) in [7, 11) is 3.37. The first-order valence-electron chi connectivity index (χ1n) is 9.09. The van der Waals surface area contributed by atoms with Crippen molar-refractivity contribution in [3.05, 3.63) is 46.7 Å². The van der Waals surface area contributed by atoms with Gasteiger partial charge in [-0.2, -0.15) is 0 Å². The average Bonchev–Trinajstić information content (AvgIpc) is 2.96. The van der Waals surface area contributed by atoms with E-state index in [9.17, 15) is 9.59 Å². The largest absolute Gasteiger partial charge is 0.385 e. The van der Waals surface area contributed by atoms with Crippen LogP contribution >= 0.6 is 0 Å². The molecule has 1 N–H and O–H groups in total. The Hall–Kier alpha value is -2.34. The Morgan fingerprint density at radius 2 is 1.92 bits per heavy atom. The molecule has 26 heavy (non-hydrogen) atoms. The van der Waals surface area contributed by atoms with Gasteiger partial charge in [-0.05, 0) is 23.5 Å². The number of nitrogens with one attached hydrogen (secondary N) is 1. The van der Waals surface area contributed by atoms with E-state index >= 15 is 0 Å². The smallest absolute Gasteiger partial charge is 0.322 e. The third-order valence-electron chi connectivity index (χ3n) is 5.15. The topological polar surface area (TPSA) is 61.9 Å². The van der Waals surface area contributed by atoms with Crippen LogP contribution in [0.2, 0.25) is 0 Å². The van der Waals surface area contributed by atoms with Crippen molar-refractivity contribution in [2.45, 2.75) is 32.2 Å². The van der Waals surface area contributed by atoms with Crippen LogP contribution in [0.15, 0.2) is 35.5 Å². The van der Waals surface area contributed by atoms with Crippen molar-refractivity contribution in [1.82, 2.24) is 15.1 Å². The lowest BCUT2D eigenvalue weighted by Crippen LogP contribution is -2.45. The third kappa shape index (κ3) is 3.33. The van der Waals surface area contributed by atoms with Crippen LogP contribution < -0.4 is 5.32 Å². The van der Waals surface area contributed by atoms with E-state index in [4.69, 9.17) is 4.74 Å². The van der Waals surface area contributed by atoms with Crippen LogP contribution in [0, 0.1) is 0 Å². The van der Waals surface area contributed by atoms with Crippen LogP contribution in [0.4, 0.5) is 4.79 Å². The van der Waals surface area contributed by atoms with E-state index < -0.39 is 6.04 Å². The molecular formula is C20H27N3O3. The van der Waals surface area contributed by atoms with Crippen LogP contribution in [-0.2, 0) is 9.53 Å². The third-order valence-corrected chi connectivity index (χ3v) is 5.15. The maximum Gasteiger partial charge on any atom is 0.322 e. The highest BCUT2D eigenvalue weighted by atomic mass is 16.5. The first kappa shape index (κ1) is 18.5. The van der Waals surface area contributed by atoms with Gasteiger partial charge in [0.05, 0.1) is 23.9 Å². The summed E-state index contributed by atoms with van der Waals surface area (Å²) in [6.45, 7) is 6.00. The quantitative estimate of drug-likeness (QED) is 0.796. The Kier molecular flexibility index (Phi) is 5.32. The van der Waals surface area contributed by atoms with Crippen LogP contribution in [-0.4, -0.2) is 55.6 Å². The number of amides is 3. The van der Waals surface area contributed by atoms with Gasteiger partial charge in [-0.15, -0.1) is 0 Å². The van der Waals surface area contributed by atoms with Crippen molar-refractivity contribution in [3.8, 4) is 0 Å². The summed E-state index contributed by atoms with van der Waals surface area (Å²) in [4.78, 5) is 28.8. The number of nitrogens with zero attached hydrogens (tertiary/aromatic N) is 2. The molecule has 6 nitrogen and oxygen atoms in total. The molecule has 0 saturated carbocycles. The number of likely N-dealkylation sites (N-methyl/N-ethyl adjacent to an activating group) is 1. The fraction of sp³-hybridized carbons (Fsp3) is 0.500. The first-order valence-corrected chi connectivity index (χ1v) is 9.09. The van der Waals surface area contributed by atoms with Crippen molar-refractivity contribution in [2.24, 2.45) is 0 Å². The number of hydrogen-bond donors (Lipinski definition) is 1. The Bertz CT molecular complexity index is 724. The minimum atomic E-state index is -0.394. The Morgan fingerprint density at radius 1 is 1.23 bits per heavy atom. The molecule has 0 radical (unpaired) electrons. The first-order chi connectivity index (χ1) is 12.4. The zero-order valence-electron chi connectivity index (χ0n) is 15.9. The molecule has 0 aliphatic carbocycles. The van der Waals surface area contributed by atoms with Gasteiger partial charge in [0.15, 0.2) is 0 Å². The SMILES string of the molecule is COCCCN1CC2=C(C1=O)C(c1ccc(C(C)C)cc1)NC(=O)N2C. The van der Waals surface area contributed by atoms with E-state index in [1.165, 1.54) is 5.56 Å². The fourth-order valence-electron chi connectivity index (χ4n) is 3.53. The van der Waals surface area contributed by atoms with Gasteiger partial charge in [0.25, 0.3) is 5.91 Å². The molecule has 140 valence electrons. The minimum Gasteiger partial charge on any atom is -0.385 e. The lowest BCUT2D eigenvalue weighted by Gasteiger charge is -2.31. The molecule has 0 bridgehead atoms. The highest BCUT2D eigenvalue weighted by molar-refractivity contribution is 6.01. The van der Waals surface area contributed by atoms with Crippen molar-refractivity contribution >= 4 is 11.9 Å². The number of urea groups is 1. The Balaban J connectivity index is 1.88. The zero-order chi connectivity index (χ0) is 18.8. The van der Waals surface area contributed by atoms with Gasteiger partial charge in [0, 0.05) is 27.3 Å². The molecule has 0 spiro atoms. The molecule has 3 amide bonds. The number of rotatable bonds is 6. The monoisotopic (exact) mass is 357 g/mol. The summed E-state index contributed by atoms with van der Waals surface area (Å²) in [5.74, 6) is 0.441. The van der Waals surface area contributed by atoms with Gasteiger partial charge < -0.3 is 15.0 Å². The predicted octanol–water partition coefficient (Wildman–Crippen LogP) is 2.64. The summed E-state index contributed by atoms with van der Waals surface area (Å²) in [6, 6.07) is 7.60. The van der Waals surface area contributed by atoms with Gasteiger partial charge in [0.2, 0.25) is 0 Å². The molecule has 1 aromatic carbocycles. The number of hydrogen-bond acceptors (Lipinski definition) is 3. The summed E-state index contributed by atoms with van der Waals surface area (Å²) >= 11 is 0. The number of carbonyl (C=O) groups is 2. The molecule has 1 atom stereocenters. The van der Waals surface area contributed by atoms with E-state index in [0.717, 1.165) is 17.7 Å².